The van der Waals surface area contributed by atoms with Crippen molar-refractivity contribution in [3.8, 4) is 0 Å². The number of benzene rings is 1. The molecule has 3 aromatic rings. The molecule has 2 heterocycles. The highest BCUT2D eigenvalue weighted by molar-refractivity contribution is 5.86. The van der Waals surface area contributed by atoms with Crippen molar-refractivity contribution in [1.29, 1.82) is 0 Å². The predicted molar refractivity (Wildman–Crippen MR) is 74.4 cm³/mol. The Bertz CT molecular complexity index is 684. The number of hydrogen-bond donors (Lipinski definition) is 1. The maximum atomic E-state index is 5.89. The van der Waals surface area contributed by atoms with Gasteiger partial charge in [-0.2, -0.15) is 0 Å². The van der Waals surface area contributed by atoms with Gasteiger partial charge in [0.25, 0.3) is 0 Å². The van der Waals surface area contributed by atoms with Crippen LogP contribution in [0.4, 0.5) is 5.69 Å². The second kappa shape index (κ2) is 4.18. The molecule has 0 aliphatic heterocycles. The average Bonchev–Trinajstić information content (AvgIpc) is 2.87. The Kier molecular flexibility index (Phi) is 2.52. The van der Waals surface area contributed by atoms with Crippen LogP contribution < -0.4 is 5.73 Å². The molecule has 0 saturated carbocycles. The van der Waals surface area contributed by atoms with Crippen molar-refractivity contribution in [2.24, 2.45) is 0 Å². The number of fused-ring (bicyclic) bond motifs is 1. The predicted octanol–water partition coefficient (Wildman–Crippen LogP) is 2.98. The van der Waals surface area contributed by atoms with Crippen molar-refractivity contribution in [3.63, 3.8) is 0 Å². The van der Waals surface area contributed by atoms with Gasteiger partial charge < -0.3 is 10.3 Å². The Labute approximate surface area is 106 Å². The third-order valence-corrected chi connectivity index (χ3v) is 3.24. The Balaban J connectivity index is 2.04. The van der Waals surface area contributed by atoms with E-state index < -0.39 is 0 Å². The van der Waals surface area contributed by atoms with Crippen LogP contribution in [0.25, 0.3) is 10.9 Å². The molecule has 2 aromatic heterocycles. The van der Waals surface area contributed by atoms with Gasteiger partial charge in [-0.1, -0.05) is 6.07 Å². The fourth-order valence-corrected chi connectivity index (χ4v) is 2.18. The van der Waals surface area contributed by atoms with Gasteiger partial charge in [0.2, 0.25) is 0 Å². The number of aryl methyl sites for hydroxylation is 1. The molecule has 0 amide bonds. The molecule has 0 aliphatic carbocycles. The van der Waals surface area contributed by atoms with Crippen molar-refractivity contribution >= 4 is 16.6 Å². The van der Waals surface area contributed by atoms with Crippen molar-refractivity contribution in [1.82, 2.24) is 9.55 Å². The molecule has 3 heteroatoms. The molecule has 0 saturated heterocycles. The van der Waals surface area contributed by atoms with E-state index in [2.05, 4.69) is 28.0 Å². The SMILES string of the molecule is Cc1c(N)ccc2cc(Cn3cccc3)cnc12. The zero-order valence-electron chi connectivity index (χ0n) is 10.3. The van der Waals surface area contributed by atoms with E-state index in [-0.39, 0.29) is 0 Å². The first-order valence-electron chi connectivity index (χ1n) is 5.98. The number of nitrogens with two attached hydrogens (primary N) is 1. The van der Waals surface area contributed by atoms with E-state index in [1.807, 2.05) is 37.4 Å². The number of anilines is 1. The van der Waals surface area contributed by atoms with Gasteiger partial charge in [0.05, 0.1) is 5.52 Å². The topological polar surface area (TPSA) is 43.8 Å². The molecule has 0 radical (unpaired) electrons. The van der Waals surface area contributed by atoms with Crippen molar-refractivity contribution in [2.45, 2.75) is 13.5 Å². The average molecular weight is 237 g/mol. The van der Waals surface area contributed by atoms with Crippen LogP contribution in [0.2, 0.25) is 0 Å². The van der Waals surface area contributed by atoms with E-state index in [1.54, 1.807) is 0 Å². The van der Waals surface area contributed by atoms with Gasteiger partial charge in [0.15, 0.2) is 0 Å². The van der Waals surface area contributed by atoms with Crippen molar-refractivity contribution in [2.75, 3.05) is 5.73 Å². The van der Waals surface area contributed by atoms with E-state index in [9.17, 15) is 0 Å². The highest BCUT2D eigenvalue weighted by Crippen LogP contribution is 2.22. The standard InChI is InChI=1S/C15H15N3/c1-11-14(16)5-4-13-8-12(9-17-15(11)13)10-18-6-2-3-7-18/h2-9H,10,16H2,1H3. The van der Waals surface area contributed by atoms with E-state index in [4.69, 9.17) is 5.73 Å². The number of nitrogens with zero attached hydrogens (tertiary/aromatic N) is 2. The Hall–Kier alpha value is -2.29. The molecule has 0 aliphatic rings. The summed E-state index contributed by atoms with van der Waals surface area (Å²) in [5.74, 6) is 0. The van der Waals surface area contributed by atoms with Gasteiger partial charge in [-0.15, -0.1) is 0 Å². The van der Waals surface area contributed by atoms with Crippen LogP contribution in [0.5, 0.6) is 0 Å². The molecule has 2 N–H and O–H groups in total. The molecule has 0 fully saturated rings. The summed E-state index contributed by atoms with van der Waals surface area (Å²) >= 11 is 0. The summed E-state index contributed by atoms with van der Waals surface area (Å²) in [5.41, 5.74) is 9.93. The number of pyridine rings is 1. The molecule has 90 valence electrons. The lowest BCUT2D eigenvalue weighted by molar-refractivity contribution is 0.804. The van der Waals surface area contributed by atoms with Crippen LogP contribution >= 0.6 is 0 Å². The summed E-state index contributed by atoms with van der Waals surface area (Å²) in [6.07, 6.45) is 6.03. The van der Waals surface area contributed by atoms with Crippen LogP contribution in [0.3, 0.4) is 0 Å². The van der Waals surface area contributed by atoms with Crippen molar-refractivity contribution < 1.29 is 0 Å². The lowest BCUT2D eigenvalue weighted by Gasteiger charge is -2.07. The number of hydrogen-bond acceptors (Lipinski definition) is 2. The molecular formula is C15H15N3. The molecular weight excluding hydrogens is 222 g/mol. The van der Waals surface area contributed by atoms with Gasteiger partial charge in [-0.3, -0.25) is 4.98 Å². The molecule has 18 heavy (non-hydrogen) atoms. The van der Waals surface area contributed by atoms with E-state index >= 15 is 0 Å². The normalized spacial score (nSPS) is 10.9. The molecule has 3 nitrogen and oxygen atoms in total. The minimum Gasteiger partial charge on any atom is -0.398 e. The minimum atomic E-state index is 0.799. The zero-order valence-corrected chi connectivity index (χ0v) is 10.3. The summed E-state index contributed by atoms with van der Waals surface area (Å²) in [5, 5.41) is 1.14. The maximum Gasteiger partial charge on any atom is 0.0751 e. The monoisotopic (exact) mass is 237 g/mol. The first-order chi connectivity index (χ1) is 8.74. The summed E-state index contributed by atoms with van der Waals surface area (Å²) in [6.45, 7) is 2.86. The molecule has 0 bridgehead atoms. The fraction of sp³-hybridized carbons (Fsp3) is 0.133. The highest BCUT2D eigenvalue weighted by atomic mass is 14.9. The molecule has 0 unspecified atom stereocenters. The summed E-state index contributed by atoms with van der Waals surface area (Å²) in [7, 11) is 0. The van der Waals surface area contributed by atoms with Crippen molar-refractivity contribution in [3.05, 3.63) is 60.0 Å². The minimum absolute atomic E-state index is 0.799. The van der Waals surface area contributed by atoms with Gasteiger partial charge in [0.1, 0.15) is 0 Å². The molecule has 1 aromatic carbocycles. The van der Waals surface area contributed by atoms with Crippen LogP contribution in [0, 0.1) is 6.92 Å². The first kappa shape index (κ1) is 10.8. The molecule has 0 spiro atoms. The lowest BCUT2D eigenvalue weighted by atomic mass is 10.1. The van der Waals surface area contributed by atoms with Crippen LogP contribution in [0.1, 0.15) is 11.1 Å². The Morgan fingerprint density at radius 3 is 2.78 bits per heavy atom. The fourth-order valence-electron chi connectivity index (χ4n) is 2.18. The van der Waals surface area contributed by atoms with E-state index in [0.29, 0.717) is 0 Å². The first-order valence-corrected chi connectivity index (χ1v) is 5.98. The highest BCUT2D eigenvalue weighted by Gasteiger charge is 2.03. The zero-order chi connectivity index (χ0) is 12.5. The van der Waals surface area contributed by atoms with Crippen LogP contribution in [0.15, 0.2) is 48.9 Å². The van der Waals surface area contributed by atoms with E-state index in [1.165, 1.54) is 5.56 Å². The Morgan fingerprint density at radius 2 is 2.00 bits per heavy atom. The summed E-state index contributed by atoms with van der Waals surface area (Å²) < 4.78 is 2.13. The third-order valence-electron chi connectivity index (χ3n) is 3.24. The third kappa shape index (κ3) is 1.84. The van der Waals surface area contributed by atoms with Gasteiger partial charge in [0, 0.05) is 36.2 Å². The number of nitrogen functional groups attached to an aromatic ring is 1. The largest absolute Gasteiger partial charge is 0.398 e. The summed E-state index contributed by atoms with van der Waals surface area (Å²) in [4.78, 5) is 4.53. The maximum absolute atomic E-state index is 5.89. The second-order valence-corrected chi connectivity index (χ2v) is 4.55. The number of aromatic nitrogens is 2. The van der Waals surface area contributed by atoms with Gasteiger partial charge >= 0.3 is 0 Å². The number of rotatable bonds is 2. The Morgan fingerprint density at radius 1 is 1.22 bits per heavy atom. The van der Waals surface area contributed by atoms with E-state index in [0.717, 1.165) is 28.7 Å². The van der Waals surface area contributed by atoms with Gasteiger partial charge in [-0.25, -0.2) is 0 Å². The molecule has 3 rings (SSSR count). The lowest BCUT2D eigenvalue weighted by Crippen LogP contribution is -1.98. The van der Waals surface area contributed by atoms with Crippen LogP contribution in [-0.2, 0) is 6.54 Å². The quantitative estimate of drug-likeness (QED) is 0.696. The molecule has 0 atom stereocenters. The van der Waals surface area contributed by atoms with Gasteiger partial charge in [-0.05, 0) is 42.3 Å². The summed E-state index contributed by atoms with van der Waals surface area (Å²) in [6, 6.07) is 10.2. The second-order valence-electron chi connectivity index (χ2n) is 4.55. The van der Waals surface area contributed by atoms with Crippen LogP contribution in [-0.4, -0.2) is 9.55 Å². The smallest absolute Gasteiger partial charge is 0.0751 e.